The molecule has 224 valence electrons. The van der Waals surface area contributed by atoms with E-state index in [4.69, 9.17) is 20.0 Å². The van der Waals surface area contributed by atoms with E-state index in [1.807, 2.05) is 51.1 Å². The summed E-state index contributed by atoms with van der Waals surface area (Å²) in [5.74, 6) is -0.433. The molecule has 1 fully saturated rings. The van der Waals surface area contributed by atoms with Crippen LogP contribution < -0.4 is 21.3 Å². The highest BCUT2D eigenvalue weighted by atomic mass is 16.6. The van der Waals surface area contributed by atoms with Crippen molar-refractivity contribution in [2.75, 3.05) is 55.9 Å². The van der Waals surface area contributed by atoms with E-state index in [1.165, 1.54) is 13.3 Å². The molecule has 3 heterocycles. The first-order valence-corrected chi connectivity index (χ1v) is 13.3. The zero-order chi connectivity index (χ0) is 30.5. The van der Waals surface area contributed by atoms with Crippen LogP contribution in [0.3, 0.4) is 0 Å². The number of nitrogen functional groups attached to an aromatic ring is 1. The lowest BCUT2D eigenvalue weighted by atomic mass is 10.1. The molecule has 0 saturated carbocycles. The van der Waals surface area contributed by atoms with Crippen LogP contribution >= 0.6 is 0 Å². The van der Waals surface area contributed by atoms with Gasteiger partial charge in [0.05, 0.1) is 49.8 Å². The minimum Gasteiger partial charge on any atom is -0.471 e. The van der Waals surface area contributed by atoms with Crippen LogP contribution in [0.5, 0.6) is 0 Å². The number of benzene rings is 1. The Morgan fingerprint density at radius 2 is 1.81 bits per heavy atom. The topological polar surface area (TPSA) is 171 Å². The second kappa shape index (κ2) is 15.3. The standard InChI is InChI=1S/C27H33N7O4.C2H4O2/c1-27(2,3)38-26(36)30-11-8-18-4-6-19(7-5-18)20-17-31-24(28)23(32-20)25(35)33-21-16-29-10-9-22(21)34-12-14-37-15-13-34;1-4-2-3/h4-7,9-10,16-17H,8,11-15H2,1-3H3,(H2,28,31)(H,30,36)(H,33,35);2H,1H3. The van der Waals surface area contributed by atoms with Gasteiger partial charge in [-0.3, -0.25) is 14.6 Å². The first-order valence-electron chi connectivity index (χ1n) is 13.3. The van der Waals surface area contributed by atoms with Gasteiger partial charge in [0.2, 0.25) is 0 Å². The summed E-state index contributed by atoms with van der Waals surface area (Å²) >= 11 is 0. The number of hydrogen-bond acceptors (Lipinski definition) is 11. The molecule has 13 nitrogen and oxygen atoms in total. The van der Waals surface area contributed by atoms with Crippen molar-refractivity contribution in [2.45, 2.75) is 32.8 Å². The number of carbonyl (C=O) groups is 3. The summed E-state index contributed by atoms with van der Waals surface area (Å²) in [4.78, 5) is 48.9. The van der Waals surface area contributed by atoms with E-state index >= 15 is 0 Å². The molecule has 1 saturated heterocycles. The van der Waals surface area contributed by atoms with Gasteiger partial charge in [0.15, 0.2) is 11.5 Å². The summed E-state index contributed by atoms with van der Waals surface area (Å²) in [6.07, 6.45) is 5.02. The maximum atomic E-state index is 13.2. The van der Waals surface area contributed by atoms with E-state index in [0.717, 1.165) is 29.9 Å². The Morgan fingerprint density at radius 1 is 1.12 bits per heavy atom. The molecular formula is C29H37N7O6. The molecule has 1 aliphatic heterocycles. The Balaban J connectivity index is 0.00000114. The van der Waals surface area contributed by atoms with E-state index in [0.29, 0.717) is 44.0 Å². The molecule has 0 bridgehead atoms. The van der Waals surface area contributed by atoms with E-state index < -0.39 is 17.6 Å². The van der Waals surface area contributed by atoms with Crippen molar-refractivity contribution in [1.82, 2.24) is 20.3 Å². The lowest BCUT2D eigenvalue weighted by molar-refractivity contribution is -0.126. The minimum atomic E-state index is -0.537. The highest BCUT2D eigenvalue weighted by Gasteiger charge is 2.20. The molecule has 42 heavy (non-hydrogen) atoms. The highest BCUT2D eigenvalue weighted by Crippen LogP contribution is 2.27. The van der Waals surface area contributed by atoms with Crippen molar-refractivity contribution in [3.05, 3.63) is 60.2 Å². The smallest absolute Gasteiger partial charge is 0.407 e. The van der Waals surface area contributed by atoms with E-state index in [2.05, 4.69) is 35.2 Å². The summed E-state index contributed by atoms with van der Waals surface area (Å²) < 4.78 is 14.5. The number of nitrogens with one attached hydrogen (secondary N) is 2. The zero-order valence-electron chi connectivity index (χ0n) is 24.3. The summed E-state index contributed by atoms with van der Waals surface area (Å²) in [6, 6.07) is 9.52. The first kappa shape index (κ1) is 31.7. The fraction of sp³-hybridized carbons (Fsp3) is 0.379. The first-order chi connectivity index (χ1) is 20.1. The predicted molar refractivity (Wildman–Crippen MR) is 158 cm³/mol. The molecule has 0 unspecified atom stereocenters. The van der Waals surface area contributed by atoms with Crippen molar-refractivity contribution in [3.63, 3.8) is 0 Å². The van der Waals surface area contributed by atoms with Gasteiger partial charge in [-0.1, -0.05) is 24.3 Å². The van der Waals surface area contributed by atoms with Crippen LogP contribution in [0.4, 0.5) is 22.0 Å². The average Bonchev–Trinajstić information content (AvgIpc) is 2.98. The third-order valence-electron chi connectivity index (χ3n) is 5.84. The zero-order valence-corrected chi connectivity index (χ0v) is 24.3. The molecule has 3 aromatic rings. The normalized spacial score (nSPS) is 12.8. The molecule has 1 aliphatic rings. The second-order valence-electron chi connectivity index (χ2n) is 10.1. The molecule has 2 amide bonds. The number of alkyl carbamates (subject to hydrolysis) is 1. The number of amides is 2. The Labute approximate surface area is 244 Å². The van der Waals surface area contributed by atoms with Crippen molar-refractivity contribution < 1.29 is 28.6 Å². The van der Waals surface area contributed by atoms with Crippen LogP contribution in [0.15, 0.2) is 48.9 Å². The van der Waals surface area contributed by atoms with Gasteiger partial charge in [0, 0.05) is 31.4 Å². The van der Waals surface area contributed by atoms with Crippen LogP contribution in [0.25, 0.3) is 11.3 Å². The maximum Gasteiger partial charge on any atom is 0.407 e. The van der Waals surface area contributed by atoms with Crippen molar-refractivity contribution >= 4 is 35.7 Å². The molecule has 0 atom stereocenters. The lowest BCUT2D eigenvalue weighted by Crippen LogP contribution is -2.36. The van der Waals surface area contributed by atoms with E-state index in [-0.39, 0.29) is 11.5 Å². The van der Waals surface area contributed by atoms with Gasteiger partial charge in [-0.05, 0) is 38.8 Å². The van der Waals surface area contributed by atoms with Crippen LogP contribution in [0, 0.1) is 0 Å². The highest BCUT2D eigenvalue weighted by molar-refractivity contribution is 6.07. The SMILES string of the molecule is CC(C)(C)OC(=O)NCCc1ccc(-c2cnc(N)c(C(=O)Nc3cnccc3N3CCOCC3)n2)cc1.COC=O. The van der Waals surface area contributed by atoms with Gasteiger partial charge in [-0.15, -0.1) is 0 Å². The average molecular weight is 580 g/mol. The van der Waals surface area contributed by atoms with E-state index in [9.17, 15) is 9.59 Å². The monoisotopic (exact) mass is 579 g/mol. The molecule has 0 spiro atoms. The van der Waals surface area contributed by atoms with Crippen molar-refractivity contribution in [2.24, 2.45) is 0 Å². The van der Waals surface area contributed by atoms with Gasteiger partial charge in [0.25, 0.3) is 12.4 Å². The Morgan fingerprint density at radius 3 is 2.45 bits per heavy atom. The predicted octanol–water partition coefficient (Wildman–Crippen LogP) is 3.07. The van der Waals surface area contributed by atoms with Crippen LogP contribution in [-0.4, -0.2) is 79.0 Å². The number of nitrogens with two attached hydrogens (primary N) is 1. The van der Waals surface area contributed by atoms with Gasteiger partial charge < -0.3 is 35.5 Å². The third kappa shape index (κ3) is 9.70. The fourth-order valence-electron chi connectivity index (χ4n) is 3.91. The molecule has 13 heteroatoms. The van der Waals surface area contributed by atoms with Gasteiger partial charge in [0.1, 0.15) is 5.60 Å². The fourth-order valence-corrected chi connectivity index (χ4v) is 3.91. The third-order valence-corrected chi connectivity index (χ3v) is 5.84. The summed E-state index contributed by atoms with van der Waals surface area (Å²) in [5.41, 5.74) is 9.27. The summed E-state index contributed by atoms with van der Waals surface area (Å²) in [5, 5.41) is 5.64. The van der Waals surface area contributed by atoms with Gasteiger partial charge in [-0.2, -0.15) is 0 Å². The largest absolute Gasteiger partial charge is 0.471 e. The molecule has 0 radical (unpaired) electrons. The lowest BCUT2D eigenvalue weighted by Gasteiger charge is -2.30. The number of anilines is 3. The molecule has 1 aromatic carbocycles. The molecule has 4 rings (SSSR count). The molecule has 0 aliphatic carbocycles. The number of morpholine rings is 1. The van der Waals surface area contributed by atoms with Crippen molar-refractivity contribution in [3.8, 4) is 11.3 Å². The molecule has 4 N–H and O–H groups in total. The summed E-state index contributed by atoms with van der Waals surface area (Å²) in [6.45, 7) is 8.96. The molecular weight excluding hydrogens is 542 g/mol. The van der Waals surface area contributed by atoms with Crippen LogP contribution in [-0.2, 0) is 25.4 Å². The number of hydrogen-bond donors (Lipinski definition) is 3. The van der Waals surface area contributed by atoms with Gasteiger partial charge >= 0.3 is 6.09 Å². The number of aromatic nitrogens is 3. The number of ether oxygens (including phenoxy) is 3. The second-order valence-corrected chi connectivity index (χ2v) is 10.1. The quantitative estimate of drug-likeness (QED) is 0.335. The molecule has 2 aromatic heterocycles. The maximum absolute atomic E-state index is 13.2. The van der Waals surface area contributed by atoms with Crippen LogP contribution in [0.2, 0.25) is 0 Å². The van der Waals surface area contributed by atoms with Crippen LogP contribution in [0.1, 0.15) is 36.8 Å². The van der Waals surface area contributed by atoms with Crippen molar-refractivity contribution in [1.29, 1.82) is 0 Å². The number of rotatable bonds is 8. The minimum absolute atomic E-state index is 0.0323. The Kier molecular flexibility index (Phi) is 11.6. The van der Waals surface area contributed by atoms with Gasteiger partial charge in [-0.25, -0.2) is 14.8 Å². The Hall–Kier alpha value is -4.78. The number of methoxy groups -OCH3 is 1. The Bertz CT molecular complexity index is 1340. The number of nitrogens with zero attached hydrogens (tertiary/aromatic N) is 4. The number of pyridine rings is 1. The van der Waals surface area contributed by atoms with E-state index in [1.54, 1.807) is 12.4 Å². The number of carbonyl (C=O) groups excluding carboxylic acids is 3. The summed E-state index contributed by atoms with van der Waals surface area (Å²) in [7, 11) is 1.31.